The maximum Gasteiger partial charge on any atom is 0.226 e. The van der Waals surface area contributed by atoms with Crippen molar-refractivity contribution in [2.45, 2.75) is 89.2 Å². The summed E-state index contributed by atoms with van der Waals surface area (Å²) in [5.41, 5.74) is -0.0832. The molecule has 1 atom stereocenters. The second-order valence-electron chi connectivity index (χ2n) is 8.86. The molecule has 1 amide bonds. The van der Waals surface area contributed by atoms with Crippen molar-refractivity contribution in [2.75, 3.05) is 0 Å². The number of rotatable bonds is 7. The highest BCUT2D eigenvalue weighted by Gasteiger charge is 2.54. The highest BCUT2D eigenvalue weighted by molar-refractivity contribution is 7.99. The Morgan fingerprint density at radius 2 is 1.81 bits per heavy atom. The molecule has 1 aromatic rings. The van der Waals surface area contributed by atoms with Gasteiger partial charge in [-0.25, -0.2) is 0 Å². The summed E-state index contributed by atoms with van der Waals surface area (Å²) >= 11 is 1.77. The van der Waals surface area contributed by atoms with Crippen molar-refractivity contribution in [3.8, 4) is 0 Å². The lowest BCUT2D eigenvalue weighted by Gasteiger charge is -2.55. The van der Waals surface area contributed by atoms with Crippen molar-refractivity contribution < 1.29 is 4.79 Å². The minimum atomic E-state index is -0.0832. The SMILES string of the molecule is CCC(C)Sc1nnc(CNC(=O)C23CC4CC(CC(C4)C2)C3)n1CC. The Morgan fingerprint density at radius 1 is 1.19 bits per heavy atom. The van der Waals surface area contributed by atoms with E-state index in [-0.39, 0.29) is 11.3 Å². The molecule has 26 heavy (non-hydrogen) atoms. The third kappa shape index (κ3) is 3.30. The van der Waals surface area contributed by atoms with Crippen molar-refractivity contribution in [3.05, 3.63) is 5.82 Å². The molecule has 6 heteroatoms. The van der Waals surface area contributed by atoms with E-state index in [0.29, 0.717) is 11.8 Å². The van der Waals surface area contributed by atoms with Gasteiger partial charge in [0.2, 0.25) is 5.91 Å². The van der Waals surface area contributed by atoms with Gasteiger partial charge >= 0.3 is 0 Å². The van der Waals surface area contributed by atoms with E-state index in [4.69, 9.17) is 0 Å². The van der Waals surface area contributed by atoms with E-state index < -0.39 is 0 Å². The molecule has 5 rings (SSSR count). The lowest BCUT2D eigenvalue weighted by molar-refractivity contribution is -0.146. The molecule has 1 N–H and O–H groups in total. The van der Waals surface area contributed by atoms with E-state index in [9.17, 15) is 4.79 Å². The zero-order chi connectivity index (χ0) is 18.3. The van der Waals surface area contributed by atoms with E-state index in [1.807, 2.05) is 0 Å². The molecule has 0 spiro atoms. The lowest BCUT2D eigenvalue weighted by Crippen LogP contribution is -2.53. The van der Waals surface area contributed by atoms with Crippen molar-refractivity contribution in [3.63, 3.8) is 0 Å². The summed E-state index contributed by atoms with van der Waals surface area (Å²) < 4.78 is 2.15. The predicted octanol–water partition coefficient (Wildman–Crippen LogP) is 4.02. The topological polar surface area (TPSA) is 59.8 Å². The first-order valence-corrected chi connectivity index (χ1v) is 11.3. The fraction of sp³-hybridized carbons (Fsp3) is 0.850. The summed E-state index contributed by atoms with van der Waals surface area (Å²) in [7, 11) is 0. The van der Waals surface area contributed by atoms with Crippen molar-refractivity contribution in [1.29, 1.82) is 0 Å². The molecule has 1 heterocycles. The fourth-order valence-corrected chi connectivity index (χ4v) is 6.83. The number of aromatic nitrogens is 3. The second kappa shape index (κ2) is 7.17. The largest absolute Gasteiger partial charge is 0.348 e. The number of carbonyl (C=O) groups is 1. The summed E-state index contributed by atoms with van der Waals surface area (Å²) in [6, 6.07) is 0. The van der Waals surface area contributed by atoms with Crippen LogP contribution < -0.4 is 5.32 Å². The maximum absolute atomic E-state index is 13.1. The highest BCUT2D eigenvalue weighted by atomic mass is 32.2. The Labute approximate surface area is 161 Å². The van der Waals surface area contributed by atoms with E-state index in [1.54, 1.807) is 11.8 Å². The minimum absolute atomic E-state index is 0.0832. The monoisotopic (exact) mass is 376 g/mol. The number of hydrogen-bond donors (Lipinski definition) is 1. The van der Waals surface area contributed by atoms with Crippen molar-refractivity contribution in [2.24, 2.45) is 23.2 Å². The molecule has 4 aliphatic rings. The molecule has 1 unspecified atom stereocenters. The van der Waals surface area contributed by atoms with Crippen LogP contribution in [0.5, 0.6) is 0 Å². The van der Waals surface area contributed by atoms with Gasteiger partial charge in [-0.1, -0.05) is 25.6 Å². The molecule has 5 nitrogen and oxygen atoms in total. The zero-order valence-corrected chi connectivity index (χ0v) is 17.1. The summed E-state index contributed by atoms with van der Waals surface area (Å²) in [6.07, 6.45) is 8.55. The number of amides is 1. The molecular formula is C20H32N4OS. The van der Waals surface area contributed by atoms with Gasteiger partial charge in [0.05, 0.1) is 6.54 Å². The average molecular weight is 377 g/mol. The third-order valence-corrected chi connectivity index (χ3v) is 8.17. The Morgan fingerprint density at radius 3 is 2.35 bits per heavy atom. The Bertz CT molecular complexity index is 635. The lowest BCUT2D eigenvalue weighted by atomic mass is 9.49. The van der Waals surface area contributed by atoms with Crippen LogP contribution in [0.1, 0.15) is 71.5 Å². The predicted molar refractivity (Wildman–Crippen MR) is 104 cm³/mol. The molecule has 4 bridgehead atoms. The van der Waals surface area contributed by atoms with Crippen LogP contribution in [0.2, 0.25) is 0 Å². The van der Waals surface area contributed by atoms with Crippen LogP contribution in [0, 0.1) is 23.2 Å². The van der Waals surface area contributed by atoms with Crippen LogP contribution in [0.25, 0.3) is 0 Å². The van der Waals surface area contributed by atoms with Gasteiger partial charge < -0.3 is 9.88 Å². The number of thioether (sulfide) groups is 1. The van der Waals surface area contributed by atoms with Crippen LogP contribution in [0.3, 0.4) is 0 Å². The molecule has 0 aliphatic heterocycles. The molecule has 144 valence electrons. The third-order valence-electron chi connectivity index (χ3n) is 6.92. The smallest absolute Gasteiger partial charge is 0.226 e. The average Bonchev–Trinajstić information content (AvgIpc) is 2.99. The van der Waals surface area contributed by atoms with E-state index in [2.05, 4.69) is 40.9 Å². The van der Waals surface area contributed by atoms with Crippen LogP contribution >= 0.6 is 11.8 Å². The molecule has 1 aromatic heterocycles. The zero-order valence-electron chi connectivity index (χ0n) is 16.3. The molecule has 0 aromatic carbocycles. The molecule has 0 radical (unpaired) electrons. The van der Waals surface area contributed by atoms with E-state index >= 15 is 0 Å². The molecule has 4 fully saturated rings. The minimum Gasteiger partial charge on any atom is -0.348 e. The highest BCUT2D eigenvalue weighted by Crippen LogP contribution is 2.60. The van der Waals surface area contributed by atoms with Crippen LogP contribution in [-0.4, -0.2) is 25.9 Å². The summed E-state index contributed by atoms with van der Waals surface area (Å²) in [6.45, 7) is 7.87. The first-order chi connectivity index (χ1) is 12.5. The molecule has 4 aliphatic carbocycles. The van der Waals surface area contributed by atoms with Crippen molar-refractivity contribution in [1.82, 2.24) is 20.1 Å². The molecule has 0 saturated heterocycles. The summed E-state index contributed by atoms with van der Waals surface area (Å²) in [4.78, 5) is 13.1. The normalized spacial score (nSPS) is 33.4. The standard InChI is InChI=1S/C20H32N4OS/c1-4-13(3)26-19-23-22-17(24(19)5-2)12-21-18(25)20-9-14-6-15(10-20)8-16(7-14)11-20/h13-16H,4-12H2,1-3H3,(H,21,25). The summed E-state index contributed by atoms with van der Waals surface area (Å²) in [5.74, 6) is 3.55. The Hall–Kier alpha value is -1.04. The van der Waals surface area contributed by atoms with Gasteiger partial charge in [0.15, 0.2) is 11.0 Å². The number of nitrogens with zero attached hydrogens (tertiary/aromatic N) is 3. The number of carbonyl (C=O) groups excluding carboxylic acids is 1. The van der Waals surface area contributed by atoms with E-state index in [0.717, 1.165) is 61.0 Å². The van der Waals surface area contributed by atoms with Crippen LogP contribution in [0.4, 0.5) is 0 Å². The number of hydrogen-bond acceptors (Lipinski definition) is 4. The van der Waals surface area contributed by atoms with Gasteiger partial charge in [-0.2, -0.15) is 0 Å². The van der Waals surface area contributed by atoms with Crippen molar-refractivity contribution >= 4 is 17.7 Å². The van der Waals surface area contributed by atoms with Gasteiger partial charge in [-0.05, 0) is 69.6 Å². The van der Waals surface area contributed by atoms with Gasteiger partial charge in [0.1, 0.15) is 0 Å². The number of nitrogens with one attached hydrogen (secondary N) is 1. The Kier molecular flexibility index (Phi) is 5.06. The fourth-order valence-electron chi connectivity index (χ4n) is 5.85. The quantitative estimate of drug-likeness (QED) is 0.730. The van der Waals surface area contributed by atoms with Crippen LogP contribution in [0.15, 0.2) is 5.16 Å². The molecular weight excluding hydrogens is 344 g/mol. The van der Waals surface area contributed by atoms with E-state index in [1.165, 1.54) is 19.3 Å². The Balaban J connectivity index is 1.42. The molecule has 4 saturated carbocycles. The second-order valence-corrected chi connectivity index (χ2v) is 10.3. The van der Waals surface area contributed by atoms with Gasteiger partial charge in [0.25, 0.3) is 0 Å². The van der Waals surface area contributed by atoms with Gasteiger partial charge in [-0.15, -0.1) is 10.2 Å². The van der Waals surface area contributed by atoms with Gasteiger partial charge in [-0.3, -0.25) is 4.79 Å². The first-order valence-electron chi connectivity index (χ1n) is 10.4. The maximum atomic E-state index is 13.1. The van der Waals surface area contributed by atoms with Gasteiger partial charge in [0, 0.05) is 17.2 Å². The first kappa shape index (κ1) is 18.3. The van der Waals surface area contributed by atoms with Crippen LogP contribution in [-0.2, 0) is 17.9 Å². The summed E-state index contributed by atoms with van der Waals surface area (Å²) in [5, 5.41) is 13.5.